The quantitative estimate of drug-likeness (QED) is 0.668. The largest absolute Gasteiger partial charge is 0.459 e. The van der Waals surface area contributed by atoms with Gasteiger partial charge in [0, 0.05) is 37.4 Å². The number of hydrogen-bond acceptors (Lipinski definition) is 4. The van der Waals surface area contributed by atoms with Gasteiger partial charge in [-0.3, -0.25) is 4.90 Å². The molecule has 1 heterocycles. The Kier molecular flexibility index (Phi) is 6.04. The highest BCUT2D eigenvalue weighted by atomic mass is 19.1. The first kappa shape index (κ1) is 21.6. The van der Waals surface area contributed by atoms with Gasteiger partial charge in [0.15, 0.2) is 5.60 Å². The molecule has 5 heteroatoms. The highest BCUT2D eigenvalue weighted by molar-refractivity contribution is 5.82. The number of hydrogen-bond donors (Lipinski definition) is 1. The number of carbonyl (C=O) groups is 1. The first-order valence-electron chi connectivity index (χ1n) is 12.0. The molecule has 3 fully saturated rings. The van der Waals surface area contributed by atoms with Crippen molar-refractivity contribution >= 4 is 5.97 Å². The zero-order valence-electron chi connectivity index (χ0n) is 18.5. The molecule has 5 rings (SSSR count). The summed E-state index contributed by atoms with van der Waals surface area (Å²) in [4.78, 5) is 16.0. The van der Waals surface area contributed by atoms with Gasteiger partial charge in [-0.05, 0) is 48.9 Å². The molecule has 3 unspecified atom stereocenters. The van der Waals surface area contributed by atoms with Gasteiger partial charge >= 0.3 is 5.97 Å². The van der Waals surface area contributed by atoms with Crippen LogP contribution in [0, 0.1) is 23.6 Å². The second-order valence-electron chi connectivity index (χ2n) is 9.90. The van der Waals surface area contributed by atoms with Crippen LogP contribution in [0.15, 0.2) is 54.6 Å². The zero-order valence-corrected chi connectivity index (χ0v) is 18.5. The second-order valence-corrected chi connectivity index (χ2v) is 9.90. The van der Waals surface area contributed by atoms with Crippen molar-refractivity contribution in [3.8, 4) is 0 Å². The molecule has 32 heavy (non-hydrogen) atoms. The summed E-state index contributed by atoms with van der Waals surface area (Å²) in [6.07, 6.45) is 5.49. The Morgan fingerprint density at radius 3 is 2.22 bits per heavy atom. The van der Waals surface area contributed by atoms with Crippen LogP contribution in [0.3, 0.4) is 0 Å². The van der Waals surface area contributed by atoms with Gasteiger partial charge in [-0.1, -0.05) is 55.3 Å². The van der Waals surface area contributed by atoms with Crippen LogP contribution < -0.4 is 0 Å². The fraction of sp³-hybridized carbons (Fsp3) is 0.519. The number of likely N-dealkylation sites (tertiary alicyclic amines) is 1. The van der Waals surface area contributed by atoms with Crippen molar-refractivity contribution in [1.29, 1.82) is 0 Å². The number of esters is 1. The average Bonchev–Trinajstić information content (AvgIpc) is 3.41. The van der Waals surface area contributed by atoms with Gasteiger partial charge in [0.25, 0.3) is 0 Å². The Hall–Kier alpha value is -2.24. The molecular formula is C27H32FNO3. The fourth-order valence-corrected chi connectivity index (χ4v) is 6.21. The molecule has 1 N–H and O–H groups in total. The van der Waals surface area contributed by atoms with E-state index < -0.39 is 11.6 Å². The first-order valence-corrected chi connectivity index (χ1v) is 12.0. The van der Waals surface area contributed by atoms with Gasteiger partial charge in [0.05, 0.1) is 0 Å². The maximum atomic E-state index is 13.5. The van der Waals surface area contributed by atoms with E-state index in [9.17, 15) is 14.3 Å². The molecule has 2 saturated carbocycles. The summed E-state index contributed by atoms with van der Waals surface area (Å²) in [7, 11) is 0. The van der Waals surface area contributed by atoms with Crippen molar-refractivity contribution in [2.45, 2.75) is 56.8 Å². The predicted molar refractivity (Wildman–Crippen MR) is 120 cm³/mol. The lowest BCUT2D eigenvalue weighted by Gasteiger charge is -2.40. The van der Waals surface area contributed by atoms with E-state index in [1.807, 2.05) is 6.07 Å². The van der Waals surface area contributed by atoms with E-state index in [2.05, 4.69) is 29.2 Å². The molecule has 0 amide bonds. The monoisotopic (exact) mass is 437 g/mol. The highest BCUT2D eigenvalue weighted by Gasteiger charge is 2.51. The molecule has 0 aromatic heterocycles. The molecule has 170 valence electrons. The Bertz CT molecular complexity index is 914. The Labute approximate surface area is 189 Å². The second kappa shape index (κ2) is 8.95. The molecule has 3 atom stereocenters. The number of carbonyl (C=O) groups excluding carboxylic acids is 1. The van der Waals surface area contributed by atoms with Crippen molar-refractivity contribution in [2.75, 3.05) is 13.1 Å². The third kappa shape index (κ3) is 4.08. The summed E-state index contributed by atoms with van der Waals surface area (Å²) in [6, 6.07) is 16.2. The van der Waals surface area contributed by atoms with E-state index in [1.165, 1.54) is 29.8 Å². The summed E-state index contributed by atoms with van der Waals surface area (Å²) in [5.41, 5.74) is 0.0454. The first-order chi connectivity index (χ1) is 15.5. The lowest BCUT2D eigenvalue weighted by Crippen LogP contribution is -2.50. The SMILES string of the molecule is O=C(OC1C2CCC1CN(Cc1ccccc1)C2)C(O)(c1ccc(F)cc1)C1CCCC1. The van der Waals surface area contributed by atoms with Crippen LogP contribution in [0.4, 0.5) is 4.39 Å². The van der Waals surface area contributed by atoms with Crippen LogP contribution in [0.25, 0.3) is 0 Å². The van der Waals surface area contributed by atoms with E-state index in [4.69, 9.17) is 4.74 Å². The Morgan fingerprint density at radius 2 is 1.59 bits per heavy atom. The average molecular weight is 438 g/mol. The number of halogens is 1. The molecule has 2 bridgehead atoms. The van der Waals surface area contributed by atoms with Crippen LogP contribution in [0.2, 0.25) is 0 Å². The summed E-state index contributed by atoms with van der Waals surface area (Å²) in [5.74, 6) is -0.518. The topological polar surface area (TPSA) is 49.8 Å². The number of ether oxygens (including phenoxy) is 1. The third-order valence-corrected chi connectivity index (χ3v) is 7.86. The normalized spacial score (nSPS) is 27.9. The van der Waals surface area contributed by atoms with Gasteiger partial charge in [0.2, 0.25) is 0 Å². The molecule has 1 saturated heterocycles. The lowest BCUT2D eigenvalue weighted by atomic mass is 9.80. The zero-order chi connectivity index (χ0) is 22.1. The van der Waals surface area contributed by atoms with E-state index >= 15 is 0 Å². The minimum Gasteiger partial charge on any atom is -0.459 e. The van der Waals surface area contributed by atoms with Crippen molar-refractivity contribution in [1.82, 2.24) is 4.90 Å². The number of piperidine rings is 1. The molecule has 2 aliphatic carbocycles. The number of fused-ring (bicyclic) bond motifs is 2. The van der Waals surface area contributed by atoms with Gasteiger partial charge in [-0.15, -0.1) is 0 Å². The molecule has 3 aliphatic rings. The fourth-order valence-electron chi connectivity index (χ4n) is 6.21. The maximum Gasteiger partial charge on any atom is 0.343 e. The lowest BCUT2D eigenvalue weighted by molar-refractivity contribution is -0.186. The number of nitrogens with zero attached hydrogens (tertiary/aromatic N) is 1. The van der Waals surface area contributed by atoms with Crippen LogP contribution in [0.5, 0.6) is 0 Å². The summed E-state index contributed by atoms with van der Waals surface area (Å²) in [5, 5.41) is 11.7. The standard InChI is InChI=1S/C27H32FNO3/c28-24-14-12-23(13-15-24)27(31,22-8-4-5-9-22)26(30)32-25-20-10-11-21(25)18-29(17-20)16-19-6-2-1-3-7-19/h1-3,6-7,12-15,20-22,25,31H,4-5,8-11,16-18H2. The third-order valence-electron chi connectivity index (χ3n) is 7.86. The number of benzene rings is 2. The predicted octanol–water partition coefficient (Wildman–Crippen LogP) is 4.66. The summed E-state index contributed by atoms with van der Waals surface area (Å²) >= 11 is 0. The van der Waals surface area contributed by atoms with Crippen molar-refractivity contribution < 1.29 is 19.0 Å². The molecule has 4 nitrogen and oxygen atoms in total. The Balaban J connectivity index is 1.31. The molecule has 1 aliphatic heterocycles. The van der Waals surface area contributed by atoms with E-state index in [0.29, 0.717) is 17.4 Å². The van der Waals surface area contributed by atoms with Crippen LogP contribution in [-0.4, -0.2) is 35.2 Å². The van der Waals surface area contributed by atoms with E-state index in [1.54, 1.807) is 0 Å². The van der Waals surface area contributed by atoms with Crippen molar-refractivity contribution in [3.63, 3.8) is 0 Å². The number of rotatable bonds is 6. The minimum atomic E-state index is -1.70. The minimum absolute atomic E-state index is 0.150. The summed E-state index contributed by atoms with van der Waals surface area (Å²) < 4.78 is 19.7. The molecule has 2 aromatic carbocycles. The van der Waals surface area contributed by atoms with E-state index in [0.717, 1.165) is 58.2 Å². The smallest absolute Gasteiger partial charge is 0.343 e. The van der Waals surface area contributed by atoms with Crippen molar-refractivity contribution in [3.05, 3.63) is 71.5 Å². The van der Waals surface area contributed by atoms with Crippen LogP contribution >= 0.6 is 0 Å². The molecular weight excluding hydrogens is 405 g/mol. The van der Waals surface area contributed by atoms with Gasteiger partial charge < -0.3 is 9.84 Å². The molecule has 0 spiro atoms. The van der Waals surface area contributed by atoms with Gasteiger partial charge in [-0.2, -0.15) is 0 Å². The molecule has 2 aromatic rings. The van der Waals surface area contributed by atoms with Crippen LogP contribution in [-0.2, 0) is 21.7 Å². The highest BCUT2D eigenvalue weighted by Crippen LogP contribution is 2.44. The van der Waals surface area contributed by atoms with Gasteiger partial charge in [0.1, 0.15) is 11.9 Å². The summed E-state index contributed by atoms with van der Waals surface area (Å²) in [6.45, 7) is 2.72. The van der Waals surface area contributed by atoms with Crippen molar-refractivity contribution in [2.24, 2.45) is 17.8 Å². The van der Waals surface area contributed by atoms with E-state index in [-0.39, 0.29) is 17.8 Å². The maximum absolute atomic E-state index is 13.5. The van der Waals surface area contributed by atoms with Crippen LogP contribution in [0.1, 0.15) is 49.7 Å². The number of aliphatic hydroxyl groups is 1. The Morgan fingerprint density at radius 1 is 0.969 bits per heavy atom. The van der Waals surface area contributed by atoms with Gasteiger partial charge in [-0.25, -0.2) is 9.18 Å². The molecule has 0 radical (unpaired) electrons.